The monoisotopic (exact) mass is 290 g/mol. The molecule has 0 aliphatic heterocycles. The lowest BCUT2D eigenvalue weighted by Crippen LogP contribution is -2.23. The molecule has 21 heavy (non-hydrogen) atoms. The van der Waals surface area contributed by atoms with Gasteiger partial charge in [-0.15, -0.1) is 0 Å². The van der Waals surface area contributed by atoms with Crippen molar-refractivity contribution in [2.75, 3.05) is 25.6 Å². The SMILES string of the molecule is Cc1c(C(=O)O)n(CCO)c2ccc(N(C)C)cc2c1=O. The third kappa shape index (κ3) is 2.50. The first-order chi connectivity index (χ1) is 9.88. The van der Waals surface area contributed by atoms with Gasteiger partial charge in [-0.1, -0.05) is 0 Å². The van der Waals surface area contributed by atoms with Gasteiger partial charge in [0, 0.05) is 37.3 Å². The van der Waals surface area contributed by atoms with Crippen molar-refractivity contribution >= 4 is 22.6 Å². The first kappa shape index (κ1) is 15.1. The molecule has 0 atom stereocenters. The summed E-state index contributed by atoms with van der Waals surface area (Å²) >= 11 is 0. The number of hydrogen-bond donors (Lipinski definition) is 2. The number of hydrogen-bond acceptors (Lipinski definition) is 4. The summed E-state index contributed by atoms with van der Waals surface area (Å²) in [5.74, 6) is -1.17. The highest BCUT2D eigenvalue weighted by molar-refractivity contribution is 5.93. The fourth-order valence-corrected chi connectivity index (χ4v) is 2.46. The Morgan fingerprint density at radius 3 is 2.52 bits per heavy atom. The Hall–Kier alpha value is -2.34. The summed E-state index contributed by atoms with van der Waals surface area (Å²) in [6.45, 7) is 1.43. The minimum absolute atomic E-state index is 0.0702. The van der Waals surface area contributed by atoms with Gasteiger partial charge in [0.15, 0.2) is 5.43 Å². The van der Waals surface area contributed by atoms with E-state index in [9.17, 15) is 19.8 Å². The number of fused-ring (bicyclic) bond motifs is 1. The Morgan fingerprint density at radius 1 is 1.33 bits per heavy atom. The number of nitrogens with zero attached hydrogens (tertiary/aromatic N) is 2. The second-order valence-electron chi connectivity index (χ2n) is 5.08. The lowest BCUT2D eigenvalue weighted by Gasteiger charge is -2.18. The Labute approximate surface area is 121 Å². The minimum Gasteiger partial charge on any atom is -0.477 e. The molecular weight excluding hydrogens is 272 g/mol. The van der Waals surface area contributed by atoms with Crippen LogP contribution in [0.2, 0.25) is 0 Å². The lowest BCUT2D eigenvalue weighted by molar-refractivity contribution is 0.0682. The zero-order valence-corrected chi connectivity index (χ0v) is 12.3. The summed E-state index contributed by atoms with van der Waals surface area (Å²) in [4.78, 5) is 25.7. The summed E-state index contributed by atoms with van der Waals surface area (Å²) in [6, 6.07) is 5.27. The third-order valence-corrected chi connectivity index (χ3v) is 3.52. The fourth-order valence-electron chi connectivity index (χ4n) is 2.46. The number of aliphatic hydroxyl groups excluding tert-OH is 1. The smallest absolute Gasteiger partial charge is 0.352 e. The number of aromatic nitrogens is 1. The minimum atomic E-state index is -1.17. The molecule has 112 valence electrons. The summed E-state index contributed by atoms with van der Waals surface area (Å²) in [7, 11) is 3.73. The van der Waals surface area contributed by atoms with Gasteiger partial charge in [0.2, 0.25) is 0 Å². The largest absolute Gasteiger partial charge is 0.477 e. The molecule has 0 radical (unpaired) electrons. The van der Waals surface area contributed by atoms with Crippen molar-refractivity contribution in [2.45, 2.75) is 13.5 Å². The maximum Gasteiger partial charge on any atom is 0.352 e. The van der Waals surface area contributed by atoms with Crippen molar-refractivity contribution in [3.63, 3.8) is 0 Å². The van der Waals surface area contributed by atoms with E-state index in [1.807, 2.05) is 25.1 Å². The average Bonchev–Trinajstić information content (AvgIpc) is 2.43. The van der Waals surface area contributed by atoms with E-state index in [2.05, 4.69) is 0 Å². The molecule has 0 aliphatic rings. The molecule has 0 saturated carbocycles. The van der Waals surface area contributed by atoms with Gasteiger partial charge in [-0.05, 0) is 25.1 Å². The number of aromatic carboxylic acids is 1. The van der Waals surface area contributed by atoms with Gasteiger partial charge in [0.25, 0.3) is 0 Å². The normalized spacial score (nSPS) is 10.9. The number of pyridine rings is 1. The molecular formula is C15H18N2O4. The van der Waals surface area contributed by atoms with Crippen molar-refractivity contribution in [3.8, 4) is 0 Å². The molecule has 0 amide bonds. The Balaban J connectivity index is 2.93. The molecule has 2 aromatic rings. The number of carbonyl (C=O) groups is 1. The van der Waals surface area contributed by atoms with E-state index < -0.39 is 5.97 Å². The third-order valence-electron chi connectivity index (χ3n) is 3.52. The number of aliphatic hydroxyl groups is 1. The Kier molecular flexibility index (Phi) is 3.99. The van der Waals surface area contributed by atoms with E-state index in [-0.39, 0.29) is 29.8 Å². The first-order valence-corrected chi connectivity index (χ1v) is 6.57. The molecule has 0 saturated heterocycles. The molecule has 0 unspecified atom stereocenters. The van der Waals surface area contributed by atoms with Crippen molar-refractivity contribution in [1.29, 1.82) is 0 Å². The molecule has 6 nitrogen and oxygen atoms in total. The van der Waals surface area contributed by atoms with E-state index >= 15 is 0 Å². The van der Waals surface area contributed by atoms with Crippen LogP contribution in [0.5, 0.6) is 0 Å². The number of carboxylic acids is 1. The number of carboxylic acid groups (broad SMARTS) is 1. The summed E-state index contributed by atoms with van der Waals surface area (Å²) < 4.78 is 1.48. The summed E-state index contributed by atoms with van der Waals surface area (Å²) in [6.07, 6.45) is 0. The highest BCUT2D eigenvalue weighted by Gasteiger charge is 2.19. The quantitative estimate of drug-likeness (QED) is 0.880. The standard InChI is InChI=1S/C15H18N2O4/c1-9-13(15(20)21)17(6-7-18)12-5-4-10(16(2)3)8-11(12)14(9)19/h4-5,8,18H,6-7H2,1-3H3,(H,20,21). The molecule has 0 spiro atoms. The zero-order chi connectivity index (χ0) is 15.7. The first-order valence-electron chi connectivity index (χ1n) is 6.57. The second kappa shape index (κ2) is 5.57. The maximum absolute atomic E-state index is 12.4. The average molecular weight is 290 g/mol. The predicted molar refractivity (Wildman–Crippen MR) is 81.3 cm³/mol. The van der Waals surface area contributed by atoms with Gasteiger partial charge in [-0.3, -0.25) is 4.79 Å². The van der Waals surface area contributed by atoms with Gasteiger partial charge in [0.05, 0.1) is 12.1 Å². The van der Waals surface area contributed by atoms with E-state index in [1.54, 1.807) is 12.1 Å². The Morgan fingerprint density at radius 2 is 2.00 bits per heavy atom. The molecule has 6 heteroatoms. The van der Waals surface area contributed by atoms with Crippen molar-refractivity contribution in [3.05, 3.63) is 39.7 Å². The zero-order valence-electron chi connectivity index (χ0n) is 12.3. The van der Waals surface area contributed by atoms with Gasteiger partial charge in [0.1, 0.15) is 5.69 Å². The summed E-state index contributed by atoms with van der Waals surface area (Å²) in [5, 5.41) is 19.0. The Bertz CT molecular complexity index is 762. The molecule has 1 heterocycles. The number of benzene rings is 1. The van der Waals surface area contributed by atoms with Crippen LogP contribution in [0.3, 0.4) is 0 Å². The van der Waals surface area contributed by atoms with E-state index in [4.69, 9.17) is 0 Å². The van der Waals surface area contributed by atoms with Crippen LogP contribution in [0.4, 0.5) is 5.69 Å². The molecule has 1 aromatic carbocycles. The van der Waals surface area contributed by atoms with Crippen LogP contribution < -0.4 is 10.3 Å². The number of rotatable bonds is 4. The van der Waals surface area contributed by atoms with Crippen molar-refractivity contribution in [2.24, 2.45) is 0 Å². The topological polar surface area (TPSA) is 82.8 Å². The van der Waals surface area contributed by atoms with Crippen LogP contribution in [-0.4, -0.2) is 41.5 Å². The number of anilines is 1. The molecule has 0 fully saturated rings. The summed E-state index contributed by atoms with van der Waals surface area (Å²) in [5.41, 5.74) is 1.19. The van der Waals surface area contributed by atoms with Gasteiger partial charge in [-0.25, -0.2) is 4.79 Å². The molecule has 2 N–H and O–H groups in total. The predicted octanol–water partition coefficient (Wildman–Crippen LogP) is 1.07. The van der Waals surface area contributed by atoms with Crippen molar-refractivity contribution < 1.29 is 15.0 Å². The molecule has 0 bridgehead atoms. The van der Waals surface area contributed by atoms with Crippen LogP contribution in [0.15, 0.2) is 23.0 Å². The van der Waals surface area contributed by atoms with Crippen LogP contribution in [0, 0.1) is 6.92 Å². The van der Waals surface area contributed by atoms with E-state index in [1.165, 1.54) is 11.5 Å². The van der Waals surface area contributed by atoms with Gasteiger partial charge in [-0.2, -0.15) is 0 Å². The highest BCUT2D eigenvalue weighted by Crippen LogP contribution is 2.21. The van der Waals surface area contributed by atoms with Crippen LogP contribution in [-0.2, 0) is 6.54 Å². The van der Waals surface area contributed by atoms with E-state index in [0.717, 1.165) is 5.69 Å². The lowest BCUT2D eigenvalue weighted by atomic mass is 10.1. The maximum atomic E-state index is 12.4. The molecule has 0 aliphatic carbocycles. The fraction of sp³-hybridized carbons (Fsp3) is 0.333. The van der Waals surface area contributed by atoms with Crippen LogP contribution in [0.1, 0.15) is 16.1 Å². The van der Waals surface area contributed by atoms with Gasteiger partial charge < -0.3 is 19.7 Å². The van der Waals surface area contributed by atoms with Crippen LogP contribution >= 0.6 is 0 Å². The van der Waals surface area contributed by atoms with Gasteiger partial charge >= 0.3 is 5.97 Å². The van der Waals surface area contributed by atoms with E-state index in [0.29, 0.717) is 10.9 Å². The molecule has 2 rings (SSSR count). The highest BCUT2D eigenvalue weighted by atomic mass is 16.4. The van der Waals surface area contributed by atoms with Crippen molar-refractivity contribution in [1.82, 2.24) is 4.57 Å². The van der Waals surface area contributed by atoms with Crippen LogP contribution in [0.25, 0.3) is 10.9 Å². The second-order valence-corrected chi connectivity index (χ2v) is 5.08. The molecule has 1 aromatic heterocycles.